The van der Waals surface area contributed by atoms with E-state index in [2.05, 4.69) is 4.98 Å². The third-order valence-corrected chi connectivity index (χ3v) is 5.07. The van der Waals surface area contributed by atoms with Crippen LogP contribution in [0.25, 0.3) is 0 Å². The topological polar surface area (TPSA) is 90.7 Å². The van der Waals surface area contributed by atoms with Crippen molar-refractivity contribution in [1.29, 1.82) is 0 Å². The molecule has 20 heavy (non-hydrogen) atoms. The maximum Gasteiger partial charge on any atom is 0.327 e. The van der Waals surface area contributed by atoms with Crippen LogP contribution in [-0.2, 0) is 4.79 Å². The SMILES string of the molecule is O=C(O)C1CSC(C2CC2)N1C(=O)c1ccncc1O. The normalized spacial score (nSPS) is 25.7. The lowest BCUT2D eigenvalue weighted by Gasteiger charge is -2.27. The van der Waals surface area contributed by atoms with Crippen molar-refractivity contribution in [2.75, 3.05) is 5.75 Å². The number of carboxylic acid groups (broad SMARTS) is 1. The first-order valence-electron chi connectivity index (χ1n) is 6.39. The van der Waals surface area contributed by atoms with E-state index >= 15 is 0 Å². The van der Waals surface area contributed by atoms with Crippen LogP contribution >= 0.6 is 11.8 Å². The number of aliphatic carboxylic acids is 1. The number of rotatable bonds is 3. The van der Waals surface area contributed by atoms with E-state index in [1.165, 1.54) is 35.1 Å². The van der Waals surface area contributed by atoms with Gasteiger partial charge >= 0.3 is 5.97 Å². The Morgan fingerprint density at radius 1 is 1.40 bits per heavy atom. The summed E-state index contributed by atoms with van der Waals surface area (Å²) in [5, 5.41) is 18.9. The Bertz CT molecular complexity index is 561. The molecule has 1 aliphatic carbocycles. The molecule has 2 heterocycles. The third-order valence-electron chi connectivity index (χ3n) is 3.61. The van der Waals surface area contributed by atoms with Crippen molar-refractivity contribution in [2.24, 2.45) is 5.92 Å². The quantitative estimate of drug-likeness (QED) is 0.869. The standard InChI is InChI=1S/C13H14N2O4S/c16-10-5-14-4-3-8(10)11(17)15-9(13(18)19)6-20-12(15)7-1-2-7/h3-5,7,9,12,16H,1-2,6H2,(H,18,19). The van der Waals surface area contributed by atoms with Crippen LogP contribution in [0.5, 0.6) is 5.75 Å². The summed E-state index contributed by atoms with van der Waals surface area (Å²) in [5.74, 6) is -0.874. The van der Waals surface area contributed by atoms with Gasteiger partial charge in [-0.1, -0.05) is 0 Å². The molecule has 0 radical (unpaired) electrons. The first-order chi connectivity index (χ1) is 9.59. The maximum absolute atomic E-state index is 12.6. The highest BCUT2D eigenvalue weighted by Gasteiger charge is 2.48. The molecule has 0 aromatic carbocycles. The zero-order valence-electron chi connectivity index (χ0n) is 10.6. The molecule has 1 aromatic heterocycles. The van der Waals surface area contributed by atoms with Gasteiger partial charge in [-0.3, -0.25) is 9.78 Å². The first kappa shape index (κ1) is 13.2. The van der Waals surface area contributed by atoms with Gasteiger partial charge in [-0.2, -0.15) is 0 Å². The number of amides is 1. The number of aromatic hydroxyl groups is 1. The molecule has 1 aromatic rings. The largest absolute Gasteiger partial charge is 0.505 e. The number of carbonyl (C=O) groups excluding carboxylic acids is 1. The summed E-state index contributed by atoms with van der Waals surface area (Å²) in [6.45, 7) is 0. The summed E-state index contributed by atoms with van der Waals surface area (Å²) < 4.78 is 0. The number of carboxylic acids is 1. The van der Waals surface area contributed by atoms with Crippen molar-refractivity contribution >= 4 is 23.6 Å². The van der Waals surface area contributed by atoms with Crippen molar-refractivity contribution in [2.45, 2.75) is 24.3 Å². The number of hydrogen-bond acceptors (Lipinski definition) is 5. The molecule has 2 atom stereocenters. The third kappa shape index (κ3) is 2.22. The Morgan fingerprint density at radius 2 is 2.15 bits per heavy atom. The number of aromatic nitrogens is 1. The van der Waals surface area contributed by atoms with Crippen LogP contribution in [-0.4, -0.2) is 49.1 Å². The molecule has 1 saturated heterocycles. The van der Waals surface area contributed by atoms with Crippen LogP contribution in [0.2, 0.25) is 0 Å². The van der Waals surface area contributed by atoms with Crippen molar-refractivity contribution in [1.82, 2.24) is 9.88 Å². The van der Waals surface area contributed by atoms with E-state index in [-0.39, 0.29) is 16.7 Å². The van der Waals surface area contributed by atoms with Gasteiger partial charge in [0.25, 0.3) is 5.91 Å². The molecule has 0 spiro atoms. The molecule has 1 aliphatic heterocycles. The van der Waals surface area contributed by atoms with Gasteiger partial charge in [0, 0.05) is 11.9 Å². The molecule has 2 aliphatic rings. The Balaban J connectivity index is 1.93. The van der Waals surface area contributed by atoms with E-state index in [1.54, 1.807) is 0 Å². The van der Waals surface area contributed by atoms with E-state index in [0.29, 0.717) is 11.7 Å². The minimum Gasteiger partial charge on any atom is -0.505 e. The predicted octanol–water partition coefficient (Wildman–Crippen LogP) is 1.17. The Kier molecular flexibility index (Phi) is 3.29. The Labute approximate surface area is 119 Å². The Hall–Kier alpha value is -1.76. The number of pyridine rings is 1. The van der Waals surface area contributed by atoms with Gasteiger partial charge in [0.1, 0.15) is 11.8 Å². The van der Waals surface area contributed by atoms with Crippen molar-refractivity contribution < 1.29 is 19.8 Å². The number of carbonyl (C=O) groups is 2. The van der Waals surface area contributed by atoms with Crippen LogP contribution in [0.15, 0.2) is 18.5 Å². The van der Waals surface area contributed by atoms with E-state index < -0.39 is 17.9 Å². The molecule has 0 bridgehead atoms. The highest BCUT2D eigenvalue weighted by molar-refractivity contribution is 8.00. The van der Waals surface area contributed by atoms with Crippen LogP contribution in [0.3, 0.4) is 0 Å². The highest BCUT2D eigenvalue weighted by atomic mass is 32.2. The van der Waals surface area contributed by atoms with Crippen LogP contribution in [0.4, 0.5) is 0 Å². The second kappa shape index (κ2) is 4.97. The van der Waals surface area contributed by atoms with Crippen molar-refractivity contribution in [3.63, 3.8) is 0 Å². The van der Waals surface area contributed by atoms with Crippen molar-refractivity contribution in [3.8, 4) is 5.75 Å². The number of hydrogen-bond donors (Lipinski definition) is 2. The van der Waals surface area contributed by atoms with E-state index in [1.807, 2.05) is 0 Å². The van der Waals surface area contributed by atoms with E-state index in [4.69, 9.17) is 0 Å². The van der Waals surface area contributed by atoms with Gasteiger partial charge in [-0.25, -0.2) is 4.79 Å². The second-order valence-electron chi connectivity index (χ2n) is 5.02. The molecule has 1 amide bonds. The number of thioether (sulfide) groups is 1. The van der Waals surface area contributed by atoms with Gasteiger partial charge < -0.3 is 15.1 Å². The minimum absolute atomic E-state index is 0.101. The van der Waals surface area contributed by atoms with E-state index in [9.17, 15) is 19.8 Å². The smallest absolute Gasteiger partial charge is 0.327 e. The average molecular weight is 294 g/mol. The molecule has 6 nitrogen and oxygen atoms in total. The molecule has 2 unspecified atom stereocenters. The molecular weight excluding hydrogens is 280 g/mol. The number of nitrogens with zero attached hydrogens (tertiary/aromatic N) is 2. The zero-order chi connectivity index (χ0) is 14.3. The summed E-state index contributed by atoms with van der Waals surface area (Å²) in [7, 11) is 0. The molecule has 2 fully saturated rings. The minimum atomic E-state index is -0.998. The summed E-state index contributed by atoms with van der Waals surface area (Å²) in [6.07, 6.45) is 4.66. The Morgan fingerprint density at radius 3 is 2.75 bits per heavy atom. The summed E-state index contributed by atoms with van der Waals surface area (Å²) in [5.41, 5.74) is 0.111. The van der Waals surface area contributed by atoms with Gasteiger partial charge in [0.2, 0.25) is 0 Å². The molecular formula is C13H14N2O4S. The fraction of sp³-hybridized carbons (Fsp3) is 0.462. The summed E-state index contributed by atoms with van der Waals surface area (Å²) in [6, 6.07) is 0.592. The summed E-state index contributed by atoms with van der Waals surface area (Å²) >= 11 is 1.51. The van der Waals surface area contributed by atoms with E-state index in [0.717, 1.165) is 12.8 Å². The lowest BCUT2D eigenvalue weighted by Crippen LogP contribution is -2.46. The average Bonchev–Trinajstić information content (AvgIpc) is 3.17. The fourth-order valence-corrected chi connectivity index (χ4v) is 4.06. The lowest BCUT2D eigenvalue weighted by molar-refractivity contribution is -0.141. The summed E-state index contributed by atoms with van der Waals surface area (Å²) in [4.78, 5) is 29.1. The molecule has 106 valence electrons. The van der Waals surface area contributed by atoms with Crippen LogP contribution < -0.4 is 0 Å². The maximum atomic E-state index is 12.6. The predicted molar refractivity (Wildman–Crippen MR) is 72.5 cm³/mol. The van der Waals surface area contributed by atoms with Gasteiger partial charge in [-0.15, -0.1) is 11.8 Å². The second-order valence-corrected chi connectivity index (χ2v) is 6.17. The van der Waals surface area contributed by atoms with Gasteiger partial charge in [-0.05, 0) is 24.8 Å². The highest BCUT2D eigenvalue weighted by Crippen LogP contribution is 2.46. The van der Waals surface area contributed by atoms with Gasteiger partial charge in [0.05, 0.1) is 17.1 Å². The lowest BCUT2D eigenvalue weighted by atomic mass is 10.1. The van der Waals surface area contributed by atoms with Crippen LogP contribution in [0, 0.1) is 5.92 Å². The van der Waals surface area contributed by atoms with Crippen molar-refractivity contribution in [3.05, 3.63) is 24.0 Å². The fourth-order valence-electron chi connectivity index (χ4n) is 2.43. The van der Waals surface area contributed by atoms with Crippen LogP contribution in [0.1, 0.15) is 23.2 Å². The zero-order valence-corrected chi connectivity index (χ0v) is 11.4. The van der Waals surface area contributed by atoms with Gasteiger partial charge in [0.15, 0.2) is 0 Å². The molecule has 7 heteroatoms. The molecule has 1 saturated carbocycles. The molecule has 3 rings (SSSR count). The monoisotopic (exact) mass is 294 g/mol. The first-order valence-corrected chi connectivity index (χ1v) is 7.44. The molecule has 2 N–H and O–H groups in total.